The van der Waals surface area contributed by atoms with Crippen LogP contribution in [0.3, 0.4) is 0 Å². The van der Waals surface area contributed by atoms with E-state index in [1.54, 1.807) is 9.13 Å². The highest BCUT2D eigenvalue weighted by Gasteiger charge is 2.22. The van der Waals surface area contributed by atoms with Crippen molar-refractivity contribution in [3.05, 3.63) is 32.4 Å². The van der Waals surface area contributed by atoms with Gasteiger partial charge in [0, 0.05) is 24.2 Å². The van der Waals surface area contributed by atoms with Crippen LogP contribution >= 0.6 is 0 Å². The van der Waals surface area contributed by atoms with Crippen molar-refractivity contribution in [2.24, 2.45) is 11.8 Å². The molecular formula is C24H44N6O2. The number of aromatic nitrogens is 4. The lowest BCUT2D eigenvalue weighted by molar-refractivity contribution is 0.501. The van der Waals surface area contributed by atoms with Crippen LogP contribution in [0.15, 0.2) is 9.59 Å². The molecule has 0 bridgehead atoms. The lowest BCUT2D eigenvalue weighted by atomic mass is 10.1. The second-order valence-corrected chi connectivity index (χ2v) is 11.8. The van der Waals surface area contributed by atoms with Crippen LogP contribution in [0.25, 0.3) is 0 Å². The third-order valence-electron chi connectivity index (χ3n) is 4.93. The molecule has 0 fully saturated rings. The van der Waals surface area contributed by atoms with Crippen molar-refractivity contribution in [1.29, 1.82) is 0 Å². The van der Waals surface area contributed by atoms with E-state index in [0.29, 0.717) is 24.9 Å². The van der Waals surface area contributed by atoms with E-state index in [0.717, 1.165) is 35.9 Å². The van der Waals surface area contributed by atoms with Crippen molar-refractivity contribution in [1.82, 2.24) is 19.1 Å². The van der Waals surface area contributed by atoms with Gasteiger partial charge < -0.3 is 10.6 Å². The Hall–Kier alpha value is -2.38. The van der Waals surface area contributed by atoms with Crippen LogP contribution in [-0.2, 0) is 25.9 Å². The summed E-state index contributed by atoms with van der Waals surface area (Å²) >= 11 is 0. The molecule has 0 amide bonds. The van der Waals surface area contributed by atoms with E-state index in [1.165, 1.54) is 0 Å². The Balaban J connectivity index is 2.43. The molecule has 2 rings (SSSR count). The van der Waals surface area contributed by atoms with E-state index in [1.807, 2.05) is 0 Å². The smallest absolute Gasteiger partial charge is 0.327 e. The average Bonchev–Trinajstić information content (AvgIpc) is 2.99. The zero-order chi connectivity index (χ0) is 24.4. The molecule has 0 unspecified atom stereocenters. The lowest BCUT2D eigenvalue weighted by Crippen LogP contribution is -2.28. The number of rotatable bonds is 9. The molecule has 2 aromatic rings. The fourth-order valence-corrected chi connectivity index (χ4v) is 3.84. The number of anilines is 2. The maximum absolute atomic E-state index is 12.8. The predicted molar refractivity (Wildman–Crippen MR) is 134 cm³/mol. The van der Waals surface area contributed by atoms with Crippen molar-refractivity contribution in [3.63, 3.8) is 0 Å². The van der Waals surface area contributed by atoms with Crippen LogP contribution in [0.4, 0.5) is 11.6 Å². The summed E-state index contributed by atoms with van der Waals surface area (Å²) in [6.45, 7) is 21.9. The Morgan fingerprint density at radius 2 is 1.00 bits per heavy atom. The van der Waals surface area contributed by atoms with Crippen LogP contribution in [0.1, 0.15) is 80.6 Å². The molecule has 32 heavy (non-hydrogen) atoms. The summed E-state index contributed by atoms with van der Waals surface area (Å²) in [7, 11) is 0. The Morgan fingerprint density at radius 3 is 1.25 bits per heavy atom. The molecule has 0 aromatic carbocycles. The minimum atomic E-state index is -0.170. The summed E-state index contributed by atoms with van der Waals surface area (Å²) in [4.78, 5) is 31.7. The first-order valence-corrected chi connectivity index (χ1v) is 11.8. The van der Waals surface area contributed by atoms with Gasteiger partial charge in [0.15, 0.2) is 0 Å². The quantitative estimate of drug-likeness (QED) is 0.462. The van der Waals surface area contributed by atoms with Crippen LogP contribution < -0.4 is 22.0 Å². The van der Waals surface area contributed by atoms with Crippen molar-refractivity contribution >= 4 is 11.6 Å². The molecule has 0 atom stereocenters. The minimum Gasteiger partial charge on any atom is -0.365 e. The zero-order valence-electron chi connectivity index (χ0n) is 21.7. The Kier molecular flexibility index (Phi) is 7.79. The molecule has 0 saturated heterocycles. The first-order valence-electron chi connectivity index (χ1n) is 11.8. The lowest BCUT2D eigenvalue weighted by Gasteiger charge is -2.23. The summed E-state index contributed by atoms with van der Waals surface area (Å²) in [5.74, 6) is 2.34. The molecule has 2 heterocycles. The molecule has 0 aliphatic rings. The highest BCUT2D eigenvalue weighted by molar-refractivity contribution is 5.44. The largest absolute Gasteiger partial charge is 0.365 e. The van der Waals surface area contributed by atoms with E-state index >= 15 is 0 Å². The molecule has 0 spiro atoms. The fourth-order valence-electron chi connectivity index (χ4n) is 3.84. The van der Waals surface area contributed by atoms with Gasteiger partial charge in [-0.2, -0.15) is 0 Å². The number of imidazole rings is 2. The molecule has 0 aliphatic carbocycles. The number of hydrogen-bond acceptors (Lipinski definition) is 4. The first-order chi connectivity index (χ1) is 14.6. The van der Waals surface area contributed by atoms with E-state index in [-0.39, 0.29) is 22.5 Å². The summed E-state index contributed by atoms with van der Waals surface area (Å²) in [5, 5.41) is 6.86. The second-order valence-electron chi connectivity index (χ2n) is 11.8. The van der Waals surface area contributed by atoms with Crippen LogP contribution in [0.2, 0.25) is 0 Å². The predicted octanol–water partition coefficient (Wildman–Crippen LogP) is 4.18. The van der Waals surface area contributed by atoms with Crippen LogP contribution in [-0.4, -0.2) is 30.2 Å². The molecule has 8 nitrogen and oxygen atoms in total. The van der Waals surface area contributed by atoms with Gasteiger partial charge in [-0.3, -0.25) is 19.1 Å². The van der Waals surface area contributed by atoms with Crippen molar-refractivity contribution < 1.29 is 0 Å². The third-order valence-corrected chi connectivity index (χ3v) is 4.93. The van der Waals surface area contributed by atoms with Gasteiger partial charge in [-0.15, -0.1) is 0 Å². The minimum absolute atomic E-state index is 0.144. The molecule has 4 N–H and O–H groups in total. The Labute approximate surface area is 192 Å². The Morgan fingerprint density at radius 1 is 0.688 bits per heavy atom. The molecule has 182 valence electrons. The maximum Gasteiger partial charge on any atom is 0.327 e. The topological polar surface area (TPSA) is 99.6 Å². The van der Waals surface area contributed by atoms with Crippen molar-refractivity contribution in [2.75, 3.05) is 10.6 Å². The highest BCUT2D eigenvalue weighted by Crippen LogP contribution is 2.22. The highest BCUT2D eigenvalue weighted by atomic mass is 16.2. The first kappa shape index (κ1) is 25.9. The summed E-state index contributed by atoms with van der Waals surface area (Å²) in [5.41, 5.74) is 1.29. The molecular weight excluding hydrogens is 404 g/mol. The standard InChI is InChI=1S/C24H44N6O2/c1-15(2)13-17-19(27-23(5,6)7)25-21(31)29(17)11-12-30-18(14-16(3)4)20(26-22(30)32)28-24(8,9)10/h15-16,27-28H,11-14H2,1-10H3,(H,25,31)(H,26,32). The van der Waals surface area contributed by atoms with Gasteiger partial charge in [-0.1, -0.05) is 27.7 Å². The summed E-state index contributed by atoms with van der Waals surface area (Å²) in [6, 6.07) is 0. The third kappa shape index (κ3) is 7.07. The molecule has 8 heteroatoms. The molecule has 2 aromatic heterocycles. The van der Waals surface area contributed by atoms with Gasteiger partial charge in [0.05, 0.1) is 11.4 Å². The van der Waals surface area contributed by atoms with Gasteiger partial charge in [-0.25, -0.2) is 9.59 Å². The number of nitrogens with one attached hydrogen (secondary N) is 4. The monoisotopic (exact) mass is 448 g/mol. The normalized spacial score (nSPS) is 12.8. The summed E-state index contributed by atoms with van der Waals surface area (Å²) < 4.78 is 3.56. The van der Waals surface area contributed by atoms with Crippen LogP contribution in [0, 0.1) is 11.8 Å². The summed E-state index contributed by atoms with van der Waals surface area (Å²) in [6.07, 6.45) is 1.55. The van der Waals surface area contributed by atoms with E-state index in [4.69, 9.17) is 0 Å². The van der Waals surface area contributed by atoms with Gasteiger partial charge in [0.1, 0.15) is 11.6 Å². The van der Waals surface area contributed by atoms with E-state index < -0.39 is 0 Å². The van der Waals surface area contributed by atoms with E-state index in [9.17, 15) is 9.59 Å². The average molecular weight is 449 g/mol. The second kappa shape index (κ2) is 9.63. The van der Waals surface area contributed by atoms with Gasteiger partial charge in [0.2, 0.25) is 0 Å². The molecule has 0 radical (unpaired) electrons. The SMILES string of the molecule is CC(C)Cc1c(NC(C)(C)C)[nH]c(=O)n1CCn1c(CC(C)C)c(NC(C)(C)C)[nH]c1=O. The van der Waals surface area contributed by atoms with E-state index in [2.05, 4.69) is 89.8 Å². The number of nitrogens with zero attached hydrogens (tertiary/aromatic N) is 2. The molecule has 0 saturated carbocycles. The maximum atomic E-state index is 12.8. The molecule has 0 aliphatic heterocycles. The van der Waals surface area contributed by atoms with Crippen molar-refractivity contribution in [2.45, 2.75) is 106 Å². The van der Waals surface area contributed by atoms with Gasteiger partial charge in [0.25, 0.3) is 0 Å². The van der Waals surface area contributed by atoms with Gasteiger partial charge >= 0.3 is 11.4 Å². The van der Waals surface area contributed by atoms with Gasteiger partial charge in [-0.05, 0) is 66.2 Å². The number of H-pyrrole nitrogens is 2. The van der Waals surface area contributed by atoms with Crippen molar-refractivity contribution in [3.8, 4) is 0 Å². The zero-order valence-corrected chi connectivity index (χ0v) is 21.7. The number of hydrogen-bond donors (Lipinski definition) is 4. The Bertz CT molecular complexity index is 923. The van der Waals surface area contributed by atoms with Crippen LogP contribution in [0.5, 0.6) is 0 Å². The number of aromatic amines is 2. The fraction of sp³-hybridized carbons (Fsp3) is 0.750.